The second-order valence-corrected chi connectivity index (χ2v) is 4.96. The fraction of sp³-hybridized carbons (Fsp3) is 0.571. The largest absolute Gasteiger partial charge is 0.421 e. The number of hydrogen-bond donors (Lipinski definition) is 0. The van der Waals surface area contributed by atoms with Crippen LogP contribution < -0.4 is 4.90 Å². The van der Waals surface area contributed by atoms with E-state index in [9.17, 15) is 17.6 Å². The topological polar surface area (TPSA) is 6.48 Å². The van der Waals surface area contributed by atoms with E-state index in [1.165, 1.54) is 12.1 Å². The van der Waals surface area contributed by atoms with Crippen LogP contribution in [-0.4, -0.2) is 37.6 Å². The summed E-state index contributed by atoms with van der Waals surface area (Å²) < 4.78 is 52.5. The zero-order chi connectivity index (χ0) is 14.8. The summed E-state index contributed by atoms with van der Waals surface area (Å²) in [7, 11) is 0. The molecule has 0 radical (unpaired) electrons. The number of piperazine rings is 1. The molecule has 0 amide bonds. The first-order chi connectivity index (χ1) is 9.43. The molecule has 2 rings (SSSR count). The molecular formula is C14H18F4N2. The maximum Gasteiger partial charge on any atom is 0.421 e. The first kappa shape index (κ1) is 15.1. The van der Waals surface area contributed by atoms with Crippen LogP contribution in [0, 0.1) is 5.82 Å². The molecule has 0 aliphatic carbocycles. The molecule has 1 aliphatic rings. The summed E-state index contributed by atoms with van der Waals surface area (Å²) in [6.07, 6.45) is -3.64. The van der Waals surface area contributed by atoms with Gasteiger partial charge >= 0.3 is 6.18 Å². The first-order valence-electron chi connectivity index (χ1n) is 6.76. The molecule has 20 heavy (non-hydrogen) atoms. The van der Waals surface area contributed by atoms with Crippen molar-refractivity contribution in [1.82, 2.24) is 4.90 Å². The van der Waals surface area contributed by atoms with Gasteiger partial charge in [0.2, 0.25) is 0 Å². The fourth-order valence-corrected chi connectivity index (χ4v) is 2.59. The normalized spacial score (nSPS) is 17.6. The lowest BCUT2D eigenvalue weighted by molar-refractivity contribution is -0.139. The van der Waals surface area contributed by atoms with Gasteiger partial charge in [0.15, 0.2) is 0 Å². The minimum absolute atomic E-state index is 0.0475. The minimum atomic E-state index is -4.67. The molecule has 0 spiro atoms. The highest BCUT2D eigenvalue weighted by Gasteiger charge is 2.38. The third-order valence-electron chi connectivity index (χ3n) is 3.53. The Bertz CT molecular complexity index is 451. The number of benzene rings is 1. The van der Waals surface area contributed by atoms with Gasteiger partial charge in [-0.2, -0.15) is 13.2 Å². The highest BCUT2D eigenvalue weighted by atomic mass is 19.4. The van der Waals surface area contributed by atoms with E-state index in [2.05, 4.69) is 11.8 Å². The molecule has 1 aliphatic heterocycles. The lowest BCUT2D eigenvalue weighted by atomic mass is 10.1. The van der Waals surface area contributed by atoms with Crippen molar-refractivity contribution in [2.45, 2.75) is 19.5 Å². The van der Waals surface area contributed by atoms with Crippen molar-refractivity contribution in [3.8, 4) is 0 Å². The van der Waals surface area contributed by atoms with Gasteiger partial charge in [-0.05, 0) is 25.1 Å². The molecule has 0 unspecified atom stereocenters. The van der Waals surface area contributed by atoms with Crippen molar-refractivity contribution >= 4 is 5.69 Å². The Balaban J connectivity index is 2.20. The van der Waals surface area contributed by atoms with E-state index in [4.69, 9.17) is 0 Å². The van der Waals surface area contributed by atoms with Gasteiger partial charge in [-0.3, -0.25) is 4.90 Å². The summed E-state index contributed by atoms with van der Waals surface area (Å²) in [6.45, 7) is 5.42. The molecule has 0 aromatic heterocycles. The van der Waals surface area contributed by atoms with Crippen LogP contribution in [0.4, 0.5) is 23.2 Å². The van der Waals surface area contributed by atoms with Gasteiger partial charge in [0.05, 0.1) is 5.69 Å². The van der Waals surface area contributed by atoms with Gasteiger partial charge in [-0.25, -0.2) is 4.39 Å². The molecule has 1 heterocycles. The molecule has 0 bridgehead atoms. The van der Waals surface area contributed by atoms with Crippen LogP contribution in [0.2, 0.25) is 0 Å². The van der Waals surface area contributed by atoms with Crippen LogP contribution in [0.1, 0.15) is 18.9 Å². The second-order valence-electron chi connectivity index (χ2n) is 4.96. The number of hydrogen-bond acceptors (Lipinski definition) is 2. The van der Waals surface area contributed by atoms with Crippen LogP contribution in [-0.2, 0) is 6.18 Å². The molecule has 1 saturated heterocycles. The monoisotopic (exact) mass is 290 g/mol. The van der Waals surface area contributed by atoms with Crippen molar-refractivity contribution in [1.29, 1.82) is 0 Å². The molecule has 0 atom stereocenters. The number of nitrogens with zero attached hydrogens (tertiary/aromatic N) is 2. The Morgan fingerprint density at radius 3 is 2.30 bits per heavy atom. The van der Waals surface area contributed by atoms with Crippen molar-refractivity contribution in [2.24, 2.45) is 0 Å². The third-order valence-corrected chi connectivity index (χ3v) is 3.53. The molecule has 6 heteroatoms. The molecule has 0 N–H and O–H groups in total. The molecule has 1 aromatic rings. The first-order valence-corrected chi connectivity index (χ1v) is 6.76. The average molecular weight is 290 g/mol. The summed E-state index contributed by atoms with van der Waals surface area (Å²) in [5.41, 5.74) is -1.20. The van der Waals surface area contributed by atoms with E-state index in [-0.39, 0.29) is 5.69 Å². The maximum atomic E-state index is 13.5. The molecule has 1 aromatic carbocycles. The number of anilines is 1. The molecule has 112 valence electrons. The van der Waals surface area contributed by atoms with E-state index in [0.717, 1.165) is 19.0 Å². The van der Waals surface area contributed by atoms with E-state index in [1.54, 1.807) is 4.90 Å². The Hall–Kier alpha value is -1.30. The van der Waals surface area contributed by atoms with E-state index in [1.807, 2.05) is 0 Å². The fourth-order valence-electron chi connectivity index (χ4n) is 2.59. The van der Waals surface area contributed by atoms with Crippen LogP contribution >= 0.6 is 0 Å². The summed E-state index contributed by atoms with van der Waals surface area (Å²) in [6, 6.07) is 3.54. The standard InChI is InChI=1S/C14H18F4N2/c1-2-6-19-7-9-20(10-8-19)12-5-3-4-11(15)13(12)14(16,17)18/h3-5H,2,6-10H2,1H3. The van der Waals surface area contributed by atoms with Gasteiger partial charge in [0, 0.05) is 26.2 Å². The maximum absolute atomic E-state index is 13.5. The smallest absolute Gasteiger partial charge is 0.368 e. The highest BCUT2D eigenvalue weighted by Crippen LogP contribution is 2.38. The SMILES string of the molecule is CCCN1CCN(c2cccc(F)c2C(F)(F)F)CC1. The zero-order valence-corrected chi connectivity index (χ0v) is 11.4. The Kier molecular flexibility index (Phi) is 4.52. The van der Waals surface area contributed by atoms with Gasteiger partial charge in [0.1, 0.15) is 11.4 Å². The number of rotatable bonds is 3. The van der Waals surface area contributed by atoms with Crippen LogP contribution in [0.15, 0.2) is 18.2 Å². The predicted molar refractivity (Wildman–Crippen MR) is 70.3 cm³/mol. The lowest BCUT2D eigenvalue weighted by Crippen LogP contribution is -2.47. The number of halogens is 4. The summed E-state index contributed by atoms with van der Waals surface area (Å²) in [4.78, 5) is 3.83. The van der Waals surface area contributed by atoms with Crippen molar-refractivity contribution in [3.05, 3.63) is 29.6 Å². The van der Waals surface area contributed by atoms with Crippen LogP contribution in [0.5, 0.6) is 0 Å². The minimum Gasteiger partial charge on any atom is -0.368 e. The predicted octanol–water partition coefficient (Wildman–Crippen LogP) is 3.38. The molecular weight excluding hydrogens is 272 g/mol. The Morgan fingerprint density at radius 2 is 1.75 bits per heavy atom. The molecule has 1 fully saturated rings. The molecule has 2 nitrogen and oxygen atoms in total. The Morgan fingerprint density at radius 1 is 1.10 bits per heavy atom. The number of alkyl halides is 3. The van der Waals surface area contributed by atoms with E-state index >= 15 is 0 Å². The second kappa shape index (κ2) is 5.99. The molecule has 0 saturated carbocycles. The Labute approximate surface area is 116 Å². The quantitative estimate of drug-likeness (QED) is 0.787. The summed E-state index contributed by atoms with van der Waals surface area (Å²) in [5.74, 6) is -1.20. The van der Waals surface area contributed by atoms with Crippen LogP contribution in [0.25, 0.3) is 0 Å². The zero-order valence-electron chi connectivity index (χ0n) is 11.4. The summed E-state index contributed by atoms with van der Waals surface area (Å²) in [5, 5.41) is 0. The van der Waals surface area contributed by atoms with Gasteiger partial charge in [0.25, 0.3) is 0 Å². The van der Waals surface area contributed by atoms with Gasteiger partial charge in [-0.1, -0.05) is 13.0 Å². The average Bonchev–Trinajstić information content (AvgIpc) is 2.38. The summed E-state index contributed by atoms with van der Waals surface area (Å²) >= 11 is 0. The van der Waals surface area contributed by atoms with Gasteiger partial charge < -0.3 is 4.90 Å². The van der Waals surface area contributed by atoms with Crippen molar-refractivity contribution in [2.75, 3.05) is 37.6 Å². The van der Waals surface area contributed by atoms with Gasteiger partial charge in [-0.15, -0.1) is 0 Å². The van der Waals surface area contributed by atoms with E-state index < -0.39 is 17.6 Å². The van der Waals surface area contributed by atoms with Crippen LogP contribution in [0.3, 0.4) is 0 Å². The highest BCUT2D eigenvalue weighted by molar-refractivity contribution is 5.56. The van der Waals surface area contributed by atoms with E-state index in [0.29, 0.717) is 26.2 Å². The third kappa shape index (κ3) is 3.23. The van der Waals surface area contributed by atoms with Crippen molar-refractivity contribution in [3.63, 3.8) is 0 Å². The van der Waals surface area contributed by atoms with Crippen molar-refractivity contribution < 1.29 is 17.6 Å². The lowest BCUT2D eigenvalue weighted by Gasteiger charge is -2.37.